The number of hydrogen-bond donors (Lipinski definition) is 1. The van der Waals surface area contributed by atoms with Gasteiger partial charge in [-0.3, -0.25) is 4.79 Å². The molecule has 1 aliphatic rings. The van der Waals surface area contributed by atoms with Crippen molar-refractivity contribution in [2.24, 2.45) is 0 Å². The molecule has 0 aliphatic carbocycles. The van der Waals surface area contributed by atoms with Gasteiger partial charge in [0.25, 0.3) is 0 Å². The van der Waals surface area contributed by atoms with E-state index in [4.69, 9.17) is 4.74 Å². The number of carbonyl (C=O) groups is 1. The average molecular weight is 285 g/mol. The maximum atomic E-state index is 12.0. The zero-order valence-corrected chi connectivity index (χ0v) is 13.7. The fourth-order valence-electron chi connectivity index (χ4n) is 2.66. The van der Waals surface area contributed by atoms with Gasteiger partial charge in [0.05, 0.1) is 6.61 Å². The van der Waals surface area contributed by atoms with Gasteiger partial charge < -0.3 is 19.9 Å². The van der Waals surface area contributed by atoms with Gasteiger partial charge in [0.1, 0.15) is 5.54 Å². The minimum atomic E-state index is -0.582. The van der Waals surface area contributed by atoms with E-state index in [-0.39, 0.29) is 5.97 Å². The van der Waals surface area contributed by atoms with E-state index in [9.17, 15) is 4.79 Å². The van der Waals surface area contributed by atoms with Crippen LogP contribution in [0.2, 0.25) is 0 Å². The summed E-state index contributed by atoms with van der Waals surface area (Å²) in [7, 11) is 6.12. The van der Waals surface area contributed by atoms with E-state index < -0.39 is 5.54 Å². The van der Waals surface area contributed by atoms with Gasteiger partial charge in [0.15, 0.2) is 0 Å². The predicted octanol–water partition coefficient (Wildman–Crippen LogP) is 0.944. The minimum absolute atomic E-state index is 0.149. The number of hydrogen-bond acceptors (Lipinski definition) is 5. The second-order valence-corrected chi connectivity index (χ2v) is 6.11. The lowest BCUT2D eigenvalue weighted by atomic mass is 9.96. The zero-order valence-electron chi connectivity index (χ0n) is 13.7. The van der Waals surface area contributed by atoms with Gasteiger partial charge in [-0.2, -0.15) is 0 Å². The summed E-state index contributed by atoms with van der Waals surface area (Å²) in [5.41, 5.74) is -0.582. The molecule has 0 amide bonds. The molecule has 2 atom stereocenters. The molecule has 1 aliphatic heterocycles. The molecule has 1 saturated heterocycles. The molecule has 0 aromatic heterocycles. The van der Waals surface area contributed by atoms with Crippen LogP contribution in [-0.2, 0) is 9.53 Å². The smallest absolute Gasteiger partial charge is 0.326 e. The predicted molar refractivity (Wildman–Crippen MR) is 81.9 cm³/mol. The molecule has 2 unspecified atom stereocenters. The van der Waals surface area contributed by atoms with Crippen molar-refractivity contribution in [3.05, 3.63) is 0 Å². The summed E-state index contributed by atoms with van der Waals surface area (Å²) in [5.74, 6) is -0.149. The Labute approximate surface area is 123 Å². The molecule has 1 rings (SSSR count). The van der Waals surface area contributed by atoms with Crippen LogP contribution in [0.5, 0.6) is 0 Å². The molecule has 0 bridgehead atoms. The normalized spacial score (nSPS) is 23.6. The Hall–Kier alpha value is -0.650. The highest BCUT2D eigenvalue weighted by Gasteiger charge is 2.33. The molecule has 118 valence electrons. The fourth-order valence-corrected chi connectivity index (χ4v) is 2.66. The Balaban J connectivity index is 2.49. The first kappa shape index (κ1) is 17.4. The van der Waals surface area contributed by atoms with E-state index in [1.165, 1.54) is 12.8 Å². The van der Waals surface area contributed by atoms with Gasteiger partial charge >= 0.3 is 5.97 Å². The van der Waals surface area contributed by atoms with Crippen molar-refractivity contribution in [3.8, 4) is 0 Å². The molecule has 0 aromatic carbocycles. The van der Waals surface area contributed by atoms with E-state index >= 15 is 0 Å². The number of rotatable bonds is 7. The van der Waals surface area contributed by atoms with Gasteiger partial charge in [-0.15, -0.1) is 0 Å². The summed E-state index contributed by atoms with van der Waals surface area (Å²) < 4.78 is 5.17. The third kappa shape index (κ3) is 4.72. The first-order chi connectivity index (χ1) is 9.42. The average Bonchev–Trinajstić information content (AvgIpc) is 2.45. The van der Waals surface area contributed by atoms with E-state index in [0.717, 1.165) is 26.1 Å². The van der Waals surface area contributed by atoms with Crippen LogP contribution < -0.4 is 5.32 Å². The third-order valence-electron chi connectivity index (χ3n) is 4.42. The first-order valence-corrected chi connectivity index (χ1v) is 7.68. The molecule has 1 N–H and O–H groups in total. The molecule has 5 nitrogen and oxygen atoms in total. The van der Waals surface area contributed by atoms with Gasteiger partial charge in [-0.25, -0.2) is 0 Å². The van der Waals surface area contributed by atoms with Gasteiger partial charge in [-0.1, -0.05) is 0 Å². The summed E-state index contributed by atoms with van der Waals surface area (Å²) in [6.07, 6.45) is 3.28. The van der Waals surface area contributed by atoms with Crippen molar-refractivity contribution in [2.75, 3.05) is 47.4 Å². The van der Waals surface area contributed by atoms with Crippen LogP contribution in [-0.4, -0.2) is 74.7 Å². The van der Waals surface area contributed by atoms with E-state index in [1.807, 2.05) is 20.9 Å². The molecule has 0 saturated carbocycles. The molecule has 1 heterocycles. The standard InChI is InChI=1S/C15H31N3O2/c1-6-20-14(19)15(2,16-3)9-11-18-10-7-8-13(12-18)17(4)5/h13,16H,6-12H2,1-5H3. The number of piperidine rings is 1. The Bertz CT molecular complexity index is 309. The van der Waals surface area contributed by atoms with Crippen LogP contribution >= 0.6 is 0 Å². The van der Waals surface area contributed by atoms with Crippen LogP contribution in [0.15, 0.2) is 0 Å². The Morgan fingerprint density at radius 2 is 2.20 bits per heavy atom. The monoisotopic (exact) mass is 285 g/mol. The largest absolute Gasteiger partial charge is 0.465 e. The van der Waals surface area contributed by atoms with Crippen molar-refractivity contribution >= 4 is 5.97 Å². The SMILES string of the molecule is CCOC(=O)C(C)(CCN1CCCC(N(C)C)C1)NC. The Morgan fingerprint density at radius 1 is 1.50 bits per heavy atom. The first-order valence-electron chi connectivity index (χ1n) is 7.68. The second kappa shape index (κ2) is 7.96. The molecule has 0 spiro atoms. The van der Waals surface area contributed by atoms with E-state index in [0.29, 0.717) is 12.6 Å². The van der Waals surface area contributed by atoms with Gasteiger partial charge in [0.2, 0.25) is 0 Å². The molecule has 0 aromatic rings. The summed E-state index contributed by atoms with van der Waals surface area (Å²) in [6, 6.07) is 0.632. The highest BCUT2D eigenvalue weighted by Crippen LogP contribution is 2.17. The van der Waals surface area contributed by atoms with Gasteiger partial charge in [0, 0.05) is 19.1 Å². The van der Waals surface area contributed by atoms with Crippen LogP contribution in [0.4, 0.5) is 0 Å². The maximum absolute atomic E-state index is 12.0. The van der Waals surface area contributed by atoms with Crippen molar-refractivity contribution in [1.29, 1.82) is 0 Å². The number of likely N-dealkylation sites (tertiary alicyclic amines) is 1. The van der Waals surface area contributed by atoms with E-state index in [2.05, 4.69) is 29.2 Å². The lowest BCUT2D eigenvalue weighted by Crippen LogP contribution is -2.52. The van der Waals surface area contributed by atoms with Crippen LogP contribution in [0.3, 0.4) is 0 Å². The number of carbonyl (C=O) groups excluding carboxylic acids is 1. The lowest BCUT2D eigenvalue weighted by molar-refractivity contribution is -0.150. The Morgan fingerprint density at radius 3 is 2.75 bits per heavy atom. The fraction of sp³-hybridized carbons (Fsp3) is 0.933. The van der Waals surface area contributed by atoms with E-state index in [1.54, 1.807) is 0 Å². The molecule has 20 heavy (non-hydrogen) atoms. The number of nitrogens with zero attached hydrogens (tertiary/aromatic N) is 2. The highest BCUT2D eigenvalue weighted by atomic mass is 16.5. The molecule has 1 fully saturated rings. The van der Waals surface area contributed by atoms with Crippen molar-refractivity contribution < 1.29 is 9.53 Å². The number of esters is 1. The minimum Gasteiger partial charge on any atom is -0.465 e. The number of nitrogens with one attached hydrogen (secondary N) is 1. The molecule has 0 radical (unpaired) electrons. The van der Waals surface area contributed by atoms with Gasteiger partial charge in [-0.05, 0) is 60.8 Å². The van der Waals surface area contributed by atoms with Crippen molar-refractivity contribution in [2.45, 2.75) is 44.7 Å². The van der Waals surface area contributed by atoms with Crippen LogP contribution in [0.25, 0.3) is 0 Å². The van der Waals surface area contributed by atoms with Crippen molar-refractivity contribution in [3.63, 3.8) is 0 Å². The summed E-state index contributed by atoms with van der Waals surface area (Å²) in [5, 5.41) is 3.12. The topological polar surface area (TPSA) is 44.8 Å². The number of ether oxygens (including phenoxy) is 1. The van der Waals surface area contributed by atoms with Crippen LogP contribution in [0, 0.1) is 0 Å². The zero-order chi connectivity index (χ0) is 15.2. The quantitative estimate of drug-likeness (QED) is 0.706. The number of likely N-dealkylation sites (N-methyl/N-ethyl adjacent to an activating group) is 2. The highest BCUT2D eigenvalue weighted by molar-refractivity contribution is 5.80. The molecular formula is C15H31N3O2. The Kier molecular flexibility index (Phi) is 6.92. The van der Waals surface area contributed by atoms with Crippen molar-refractivity contribution in [1.82, 2.24) is 15.1 Å². The second-order valence-electron chi connectivity index (χ2n) is 6.11. The van der Waals surface area contributed by atoms with Crippen LogP contribution in [0.1, 0.15) is 33.1 Å². The lowest BCUT2D eigenvalue weighted by Gasteiger charge is -2.37. The summed E-state index contributed by atoms with van der Waals surface area (Å²) in [4.78, 5) is 16.8. The molecule has 5 heteroatoms. The maximum Gasteiger partial charge on any atom is 0.326 e. The summed E-state index contributed by atoms with van der Waals surface area (Å²) >= 11 is 0. The molecular weight excluding hydrogens is 254 g/mol. The summed E-state index contributed by atoms with van der Waals surface area (Å²) in [6.45, 7) is 7.37. The third-order valence-corrected chi connectivity index (χ3v) is 4.42.